The molecule has 0 saturated carbocycles. The molecule has 5 nitrogen and oxygen atoms in total. The maximum Gasteiger partial charge on any atom is 0.407 e. The number of nitrogens with one attached hydrogen (secondary N) is 1. The van der Waals surface area contributed by atoms with E-state index >= 15 is 0 Å². The minimum absolute atomic E-state index is 0. The van der Waals surface area contributed by atoms with Crippen LogP contribution in [0.15, 0.2) is 0 Å². The lowest BCUT2D eigenvalue weighted by atomic mass is 10.0. The Balaban J connectivity index is 0. The van der Waals surface area contributed by atoms with Gasteiger partial charge in [0, 0.05) is 0 Å². The first-order chi connectivity index (χ1) is 5.97. The molecule has 84 valence electrons. The molecular formula is C8H17NO4S. The van der Waals surface area contributed by atoms with Gasteiger partial charge in [0.2, 0.25) is 0 Å². The largest absolute Gasteiger partial charge is 0.480 e. The average molecular weight is 223 g/mol. The number of carboxylic acids is 1. The third-order valence-corrected chi connectivity index (χ3v) is 1.48. The monoisotopic (exact) mass is 223 g/mol. The van der Waals surface area contributed by atoms with E-state index in [4.69, 9.17) is 5.11 Å². The van der Waals surface area contributed by atoms with Crippen molar-refractivity contribution in [2.24, 2.45) is 5.92 Å². The SMILES string of the molecule is COC(=O)N[C@@H](CC(C)C)C(=O)O.S. The van der Waals surface area contributed by atoms with Crippen LogP contribution in [-0.2, 0) is 9.53 Å². The Labute approximate surface area is 90.3 Å². The molecule has 0 saturated heterocycles. The molecule has 2 N–H and O–H groups in total. The molecule has 0 aromatic carbocycles. The lowest BCUT2D eigenvalue weighted by Gasteiger charge is -2.15. The first-order valence-corrected chi connectivity index (χ1v) is 4.04. The van der Waals surface area contributed by atoms with E-state index in [1.54, 1.807) is 0 Å². The summed E-state index contributed by atoms with van der Waals surface area (Å²) >= 11 is 0. The highest BCUT2D eigenvalue weighted by Crippen LogP contribution is 2.04. The van der Waals surface area contributed by atoms with Crippen LogP contribution in [-0.4, -0.2) is 30.3 Å². The predicted molar refractivity (Wildman–Crippen MR) is 56.8 cm³/mol. The Kier molecular flexibility index (Phi) is 8.32. The molecule has 0 fully saturated rings. The smallest absolute Gasteiger partial charge is 0.407 e. The van der Waals surface area contributed by atoms with Crippen molar-refractivity contribution in [3.63, 3.8) is 0 Å². The van der Waals surface area contributed by atoms with E-state index in [0.717, 1.165) is 0 Å². The standard InChI is InChI=1S/C8H15NO4.H2S/c1-5(2)4-6(7(10)11)9-8(12)13-3;/h5-6H,4H2,1-3H3,(H,9,12)(H,10,11);1H2/t6-;/m0./s1. The third-order valence-electron chi connectivity index (χ3n) is 1.48. The van der Waals surface area contributed by atoms with Gasteiger partial charge in [0.25, 0.3) is 0 Å². The average Bonchev–Trinajstić information content (AvgIpc) is 2.02. The van der Waals surface area contributed by atoms with Gasteiger partial charge in [0.15, 0.2) is 0 Å². The molecule has 14 heavy (non-hydrogen) atoms. The van der Waals surface area contributed by atoms with Crippen molar-refractivity contribution >= 4 is 25.6 Å². The highest BCUT2D eigenvalue weighted by Gasteiger charge is 2.20. The minimum Gasteiger partial charge on any atom is -0.480 e. The number of hydrogen-bond acceptors (Lipinski definition) is 3. The Bertz CT molecular complexity index is 196. The second-order valence-electron chi connectivity index (χ2n) is 3.16. The summed E-state index contributed by atoms with van der Waals surface area (Å²) in [5.41, 5.74) is 0. The van der Waals surface area contributed by atoms with Crippen LogP contribution in [0.25, 0.3) is 0 Å². The molecule has 0 spiro atoms. The fourth-order valence-electron chi connectivity index (χ4n) is 0.894. The van der Waals surface area contributed by atoms with Gasteiger partial charge >= 0.3 is 12.1 Å². The summed E-state index contributed by atoms with van der Waals surface area (Å²) in [6.07, 6.45) is -0.321. The molecule has 0 unspecified atom stereocenters. The summed E-state index contributed by atoms with van der Waals surface area (Å²) < 4.78 is 4.30. The lowest BCUT2D eigenvalue weighted by Crippen LogP contribution is -2.41. The van der Waals surface area contributed by atoms with Crippen LogP contribution in [0.3, 0.4) is 0 Å². The molecule has 0 aliphatic heterocycles. The Morgan fingerprint density at radius 1 is 1.43 bits per heavy atom. The maximum absolute atomic E-state index is 10.7. The van der Waals surface area contributed by atoms with E-state index in [-0.39, 0.29) is 19.4 Å². The minimum atomic E-state index is -1.04. The van der Waals surface area contributed by atoms with Crippen molar-refractivity contribution < 1.29 is 19.4 Å². The quantitative estimate of drug-likeness (QED) is 0.744. The summed E-state index contributed by atoms with van der Waals surface area (Å²) in [4.78, 5) is 21.3. The molecule has 0 heterocycles. The van der Waals surface area contributed by atoms with Crippen molar-refractivity contribution in [1.82, 2.24) is 5.32 Å². The number of ether oxygens (including phenoxy) is 1. The number of alkyl carbamates (subject to hydrolysis) is 1. The van der Waals surface area contributed by atoms with Crippen LogP contribution in [0, 0.1) is 5.92 Å². The summed E-state index contributed by atoms with van der Waals surface area (Å²) in [6.45, 7) is 3.77. The molecule has 0 aromatic heterocycles. The zero-order valence-electron chi connectivity index (χ0n) is 8.53. The van der Waals surface area contributed by atoms with Gasteiger partial charge in [-0.1, -0.05) is 13.8 Å². The van der Waals surface area contributed by atoms with Gasteiger partial charge in [0.05, 0.1) is 7.11 Å². The van der Waals surface area contributed by atoms with Gasteiger partial charge in [0.1, 0.15) is 6.04 Å². The van der Waals surface area contributed by atoms with E-state index in [1.807, 2.05) is 13.8 Å². The van der Waals surface area contributed by atoms with Gasteiger partial charge in [-0.3, -0.25) is 0 Å². The van der Waals surface area contributed by atoms with Crippen molar-refractivity contribution in [3.05, 3.63) is 0 Å². The van der Waals surface area contributed by atoms with E-state index in [2.05, 4.69) is 10.1 Å². The maximum atomic E-state index is 10.7. The summed E-state index contributed by atoms with van der Waals surface area (Å²) in [7, 11) is 1.20. The first kappa shape index (κ1) is 15.6. The zero-order valence-corrected chi connectivity index (χ0v) is 9.53. The second kappa shape index (κ2) is 7.49. The number of carboxylic acid groups (broad SMARTS) is 1. The number of carbonyl (C=O) groups is 2. The topological polar surface area (TPSA) is 75.6 Å². The number of methoxy groups -OCH3 is 1. The molecule has 0 radical (unpaired) electrons. The Morgan fingerprint density at radius 2 is 1.93 bits per heavy atom. The first-order valence-electron chi connectivity index (χ1n) is 4.04. The number of hydrogen-bond donors (Lipinski definition) is 2. The van der Waals surface area contributed by atoms with Gasteiger partial charge in [-0.05, 0) is 12.3 Å². The lowest BCUT2D eigenvalue weighted by molar-refractivity contribution is -0.139. The van der Waals surface area contributed by atoms with Crippen LogP contribution in [0.2, 0.25) is 0 Å². The third kappa shape index (κ3) is 6.59. The fraction of sp³-hybridized carbons (Fsp3) is 0.750. The second-order valence-corrected chi connectivity index (χ2v) is 3.16. The highest BCUT2D eigenvalue weighted by molar-refractivity contribution is 7.59. The molecule has 0 bridgehead atoms. The molecule has 0 aromatic rings. The summed E-state index contributed by atoms with van der Waals surface area (Å²) in [6, 6.07) is -0.868. The molecule has 6 heteroatoms. The van der Waals surface area contributed by atoms with Gasteiger partial charge in [-0.15, -0.1) is 0 Å². The highest BCUT2D eigenvalue weighted by atomic mass is 32.1. The van der Waals surface area contributed by atoms with Gasteiger partial charge < -0.3 is 15.2 Å². The van der Waals surface area contributed by atoms with Crippen LogP contribution >= 0.6 is 13.5 Å². The van der Waals surface area contributed by atoms with E-state index in [9.17, 15) is 9.59 Å². The Morgan fingerprint density at radius 3 is 2.21 bits per heavy atom. The number of rotatable bonds is 4. The van der Waals surface area contributed by atoms with Crippen molar-refractivity contribution in [2.45, 2.75) is 26.3 Å². The fourth-order valence-corrected chi connectivity index (χ4v) is 0.894. The molecule has 0 aliphatic carbocycles. The molecule has 0 aliphatic rings. The van der Waals surface area contributed by atoms with Gasteiger partial charge in [-0.2, -0.15) is 13.5 Å². The number of aliphatic carboxylic acids is 1. The van der Waals surface area contributed by atoms with Gasteiger partial charge in [-0.25, -0.2) is 9.59 Å². The molecule has 0 rings (SSSR count). The number of amides is 1. The van der Waals surface area contributed by atoms with Crippen LogP contribution in [0.4, 0.5) is 4.79 Å². The zero-order chi connectivity index (χ0) is 10.4. The van der Waals surface area contributed by atoms with Crippen molar-refractivity contribution in [2.75, 3.05) is 7.11 Å². The van der Waals surface area contributed by atoms with Crippen LogP contribution in [0.5, 0.6) is 0 Å². The molecule has 1 atom stereocenters. The van der Waals surface area contributed by atoms with E-state index in [0.29, 0.717) is 6.42 Å². The molecule has 1 amide bonds. The summed E-state index contributed by atoms with van der Waals surface area (Å²) in [5.74, 6) is -0.836. The van der Waals surface area contributed by atoms with Crippen molar-refractivity contribution in [3.8, 4) is 0 Å². The van der Waals surface area contributed by atoms with Crippen LogP contribution < -0.4 is 5.32 Å². The molecular weight excluding hydrogens is 206 g/mol. The van der Waals surface area contributed by atoms with E-state index in [1.165, 1.54) is 7.11 Å². The normalized spacial score (nSPS) is 11.4. The van der Waals surface area contributed by atoms with Crippen LogP contribution in [0.1, 0.15) is 20.3 Å². The Hall–Kier alpha value is -0.910. The van der Waals surface area contributed by atoms with Crippen molar-refractivity contribution in [1.29, 1.82) is 0 Å². The summed E-state index contributed by atoms with van der Waals surface area (Å²) in [5, 5.41) is 10.9. The predicted octanol–water partition coefficient (Wildman–Crippen LogP) is 0.955. The van der Waals surface area contributed by atoms with E-state index < -0.39 is 18.1 Å². The number of carbonyl (C=O) groups excluding carboxylic acids is 1.